The lowest BCUT2D eigenvalue weighted by atomic mass is 10.1. The van der Waals surface area contributed by atoms with Crippen LogP contribution in [0.5, 0.6) is 0 Å². The SMILES string of the molecule is Cc1ccc(-c2csc(=Nc3ccc(Cl)cc3)n2CCc2ccccc2)cc1. The molecule has 0 radical (unpaired) electrons. The van der Waals surface area contributed by atoms with Crippen LogP contribution in [0.25, 0.3) is 11.3 Å². The second kappa shape index (κ2) is 8.59. The number of thiazole rings is 1. The highest BCUT2D eigenvalue weighted by Crippen LogP contribution is 2.22. The molecule has 1 aromatic heterocycles. The average Bonchev–Trinajstić information content (AvgIpc) is 3.12. The van der Waals surface area contributed by atoms with E-state index in [1.807, 2.05) is 24.3 Å². The van der Waals surface area contributed by atoms with Crippen LogP contribution in [0.2, 0.25) is 5.02 Å². The quantitative estimate of drug-likeness (QED) is 0.354. The summed E-state index contributed by atoms with van der Waals surface area (Å²) in [6.07, 6.45) is 0.963. The second-order valence-electron chi connectivity index (χ2n) is 6.74. The summed E-state index contributed by atoms with van der Waals surface area (Å²) in [5.74, 6) is 0. The lowest BCUT2D eigenvalue weighted by Crippen LogP contribution is -2.17. The summed E-state index contributed by atoms with van der Waals surface area (Å²) < 4.78 is 2.32. The molecular weight excluding hydrogens is 384 g/mol. The molecule has 0 atom stereocenters. The zero-order chi connectivity index (χ0) is 19.3. The summed E-state index contributed by atoms with van der Waals surface area (Å²) in [7, 11) is 0. The van der Waals surface area contributed by atoms with Crippen molar-refractivity contribution >= 4 is 28.6 Å². The van der Waals surface area contributed by atoms with E-state index in [0.29, 0.717) is 0 Å². The van der Waals surface area contributed by atoms with Crippen LogP contribution in [-0.2, 0) is 13.0 Å². The average molecular weight is 405 g/mol. The van der Waals surface area contributed by atoms with Crippen molar-refractivity contribution in [1.29, 1.82) is 0 Å². The highest BCUT2D eigenvalue weighted by atomic mass is 35.5. The van der Waals surface area contributed by atoms with Crippen molar-refractivity contribution in [3.63, 3.8) is 0 Å². The van der Waals surface area contributed by atoms with Gasteiger partial charge < -0.3 is 4.57 Å². The first-order valence-corrected chi connectivity index (χ1v) is 10.5. The number of rotatable bonds is 5. The maximum Gasteiger partial charge on any atom is 0.190 e. The minimum Gasteiger partial charge on any atom is -0.316 e. The fourth-order valence-electron chi connectivity index (χ4n) is 3.10. The summed E-state index contributed by atoms with van der Waals surface area (Å²) in [6, 6.07) is 26.9. The Bertz CT molecular complexity index is 1110. The van der Waals surface area contributed by atoms with E-state index in [4.69, 9.17) is 16.6 Å². The lowest BCUT2D eigenvalue weighted by molar-refractivity contribution is 0.684. The summed E-state index contributed by atoms with van der Waals surface area (Å²) in [5.41, 5.74) is 5.92. The Kier molecular flexibility index (Phi) is 5.75. The summed E-state index contributed by atoms with van der Waals surface area (Å²) in [4.78, 5) is 5.88. The molecule has 0 saturated carbocycles. The van der Waals surface area contributed by atoms with E-state index in [2.05, 4.69) is 71.5 Å². The van der Waals surface area contributed by atoms with Gasteiger partial charge in [0.1, 0.15) is 0 Å². The molecule has 4 rings (SSSR count). The largest absolute Gasteiger partial charge is 0.316 e. The molecular formula is C24H21ClN2S. The molecule has 4 aromatic rings. The summed E-state index contributed by atoms with van der Waals surface area (Å²) in [5, 5.41) is 2.92. The van der Waals surface area contributed by atoms with Gasteiger partial charge in [0.15, 0.2) is 4.80 Å². The predicted molar refractivity (Wildman–Crippen MR) is 119 cm³/mol. The molecule has 2 nitrogen and oxygen atoms in total. The molecule has 28 heavy (non-hydrogen) atoms. The molecule has 0 unspecified atom stereocenters. The van der Waals surface area contributed by atoms with Crippen molar-refractivity contribution in [2.75, 3.05) is 0 Å². The Hall–Kier alpha value is -2.62. The van der Waals surface area contributed by atoms with Crippen molar-refractivity contribution in [1.82, 2.24) is 4.57 Å². The van der Waals surface area contributed by atoms with Gasteiger partial charge in [0.05, 0.1) is 11.4 Å². The Balaban J connectivity index is 1.75. The van der Waals surface area contributed by atoms with Crippen LogP contribution in [0.3, 0.4) is 0 Å². The number of nitrogens with zero attached hydrogens (tertiary/aromatic N) is 2. The third-order valence-corrected chi connectivity index (χ3v) is 5.78. The van der Waals surface area contributed by atoms with Crippen LogP contribution in [0.1, 0.15) is 11.1 Å². The Morgan fingerprint density at radius 1 is 0.893 bits per heavy atom. The normalized spacial score (nSPS) is 11.7. The highest BCUT2D eigenvalue weighted by Gasteiger charge is 2.09. The van der Waals surface area contributed by atoms with E-state index in [9.17, 15) is 0 Å². The maximum atomic E-state index is 6.02. The van der Waals surface area contributed by atoms with E-state index >= 15 is 0 Å². The number of aromatic nitrogens is 1. The molecule has 0 amide bonds. The van der Waals surface area contributed by atoms with Gasteiger partial charge >= 0.3 is 0 Å². The molecule has 0 saturated heterocycles. The standard InChI is InChI=1S/C24H21ClN2S/c1-18-7-9-20(10-8-18)23-17-28-24(26-22-13-11-21(25)12-14-22)27(23)16-15-19-5-3-2-4-6-19/h2-14,17H,15-16H2,1H3. The van der Waals surface area contributed by atoms with E-state index < -0.39 is 0 Å². The van der Waals surface area contributed by atoms with Gasteiger partial charge in [-0.05, 0) is 48.7 Å². The molecule has 0 aliphatic rings. The molecule has 1 heterocycles. The summed E-state index contributed by atoms with van der Waals surface area (Å²) in [6.45, 7) is 2.99. The van der Waals surface area contributed by atoms with Gasteiger partial charge in [-0.2, -0.15) is 0 Å². The van der Waals surface area contributed by atoms with Gasteiger partial charge in [-0.1, -0.05) is 71.8 Å². The van der Waals surface area contributed by atoms with E-state index in [1.165, 1.54) is 22.4 Å². The van der Waals surface area contributed by atoms with Crippen LogP contribution in [0.15, 0.2) is 89.2 Å². The fourth-order valence-corrected chi connectivity index (χ4v) is 4.18. The van der Waals surface area contributed by atoms with Crippen molar-refractivity contribution in [3.8, 4) is 11.3 Å². The molecule has 3 aromatic carbocycles. The molecule has 4 heteroatoms. The minimum absolute atomic E-state index is 0.724. The van der Waals surface area contributed by atoms with Gasteiger partial charge in [-0.25, -0.2) is 4.99 Å². The Morgan fingerprint density at radius 2 is 1.61 bits per heavy atom. The van der Waals surface area contributed by atoms with E-state index in [-0.39, 0.29) is 0 Å². The molecule has 0 N–H and O–H groups in total. The Labute approximate surface area is 174 Å². The van der Waals surface area contributed by atoms with Crippen LogP contribution >= 0.6 is 22.9 Å². The first kappa shape index (κ1) is 18.7. The minimum atomic E-state index is 0.724. The zero-order valence-electron chi connectivity index (χ0n) is 15.7. The molecule has 140 valence electrons. The van der Waals surface area contributed by atoms with Crippen LogP contribution in [-0.4, -0.2) is 4.57 Å². The number of halogens is 1. The molecule has 0 bridgehead atoms. The third-order valence-electron chi connectivity index (χ3n) is 4.66. The molecule has 0 spiro atoms. The first-order chi connectivity index (χ1) is 13.7. The zero-order valence-corrected chi connectivity index (χ0v) is 17.3. The number of aryl methyl sites for hydroxylation is 2. The van der Waals surface area contributed by atoms with Crippen LogP contribution in [0, 0.1) is 6.92 Å². The molecule has 0 aliphatic carbocycles. The van der Waals surface area contributed by atoms with Crippen LogP contribution < -0.4 is 4.80 Å². The van der Waals surface area contributed by atoms with Crippen molar-refractivity contribution in [2.45, 2.75) is 19.9 Å². The van der Waals surface area contributed by atoms with Gasteiger partial charge in [-0.3, -0.25) is 0 Å². The third kappa shape index (κ3) is 4.44. The Morgan fingerprint density at radius 3 is 2.32 bits per heavy atom. The second-order valence-corrected chi connectivity index (χ2v) is 8.02. The van der Waals surface area contributed by atoms with Crippen molar-refractivity contribution in [2.24, 2.45) is 4.99 Å². The monoisotopic (exact) mass is 404 g/mol. The van der Waals surface area contributed by atoms with E-state index in [1.54, 1.807) is 11.3 Å². The number of hydrogen-bond acceptors (Lipinski definition) is 2. The number of benzene rings is 3. The molecule has 0 fully saturated rings. The highest BCUT2D eigenvalue weighted by molar-refractivity contribution is 7.07. The first-order valence-electron chi connectivity index (χ1n) is 9.29. The lowest BCUT2D eigenvalue weighted by Gasteiger charge is -2.10. The maximum absolute atomic E-state index is 6.02. The van der Waals surface area contributed by atoms with Crippen LogP contribution in [0.4, 0.5) is 5.69 Å². The smallest absolute Gasteiger partial charge is 0.190 e. The fraction of sp³-hybridized carbons (Fsp3) is 0.125. The number of hydrogen-bond donors (Lipinski definition) is 0. The van der Waals surface area contributed by atoms with Gasteiger partial charge in [-0.15, -0.1) is 11.3 Å². The van der Waals surface area contributed by atoms with E-state index in [0.717, 1.165) is 28.5 Å². The van der Waals surface area contributed by atoms with Crippen molar-refractivity contribution < 1.29 is 0 Å². The molecule has 0 aliphatic heterocycles. The predicted octanol–water partition coefficient (Wildman–Crippen LogP) is 6.65. The summed E-state index contributed by atoms with van der Waals surface area (Å²) >= 11 is 7.69. The van der Waals surface area contributed by atoms with Gasteiger partial charge in [0.2, 0.25) is 0 Å². The topological polar surface area (TPSA) is 17.3 Å². The van der Waals surface area contributed by atoms with Crippen molar-refractivity contribution in [3.05, 3.63) is 105 Å². The van der Waals surface area contributed by atoms with Gasteiger partial charge in [0, 0.05) is 16.9 Å². The van der Waals surface area contributed by atoms with Gasteiger partial charge in [0.25, 0.3) is 0 Å².